The summed E-state index contributed by atoms with van der Waals surface area (Å²) in [5.74, 6) is 1.27. The van der Waals surface area contributed by atoms with Gasteiger partial charge in [0.05, 0.1) is 24.8 Å². The molecular weight excluding hydrogens is 254 g/mol. The van der Waals surface area contributed by atoms with Gasteiger partial charge in [0.1, 0.15) is 0 Å². The van der Waals surface area contributed by atoms with Crippen molar-refractivity contribution < 1.29 is 9.47 Å². The predicted octanol–water partition coefficient (Wildman–Crippen LogP) is 2.31. The van der Waals surface area contributed by atoms with E-state index in [0.717, 1.165) is 12.1 Å². The highest BCUT2D eigenvalue weighted by molar-refractivity contribution is 5.46. The zero-order valence-corrected chi connectivity index (χ0v) is 11.7. The highest BCUT2D eigenvalue weighted by atomic mass is 16.5. The molecule has 0 amide bonds. The number of rotatable bonds is 6. The van der Waals surface area contributed by atoms with Gasteiger partial charge in [0.2, 0.25) is 0 Å². The number of aryl methyl sites for hydroxylation is 1. The van der Waals surface area contributed by atoms with Crippen LogP contribution in [0.3, 0.4) is 0 Å². The summed E-state index contributed by atoms with van der Waals surface area (Å²) >= 11 is 0. The van der Waals surface area contributed by atoms with Crippen LogP contribution in [0.4, 0.5) is 0 Å². The van der Waals surface area contributed by atoms with Crippen molar-refractivity contribution in [3.05, 3.63) is 41.7 Å². The van der Waals surface area contributed by atoms with E-state index in [1.807, 2.05) is 24.7 Å². The quantitative estimate of drug-likeness (QED) is 0.809. The second-order valence-electron chi connectivity index (χ2n) is 4.25. The van der Waals surface area contributed by atoms with Crippen LogP contribution in [-0.2, 0) is 13.5 Å². The fourth-order valence-electron chi connectivity index (χ4n) is 1.88. The van der Waals surface area contributed by atoms with E-state index in [-0.39, 0.29) is 0 Å². The monoisotopic (exact) mass is 271 g/mol. The maximum Gasteiger partial charge on any atom is 0.162 e. The highest BCUT2D eigenvalue weighted by Gasteiger charge is 2.07. The van der Waals surface area contributed by atoms with Crippen LogP contribution in [0.1, 0.15) is 18.2 Å². The van der Waals surface area contributed by atoms with E-state index in [4.69, 9.17) is 14.7 Å². The van der Waals surface area contributed by atoms with Crippen LogP contribution in [0.5, 0.6) is 11.5 Å². The molecule has 0 aliphatic rings. The SMILES string of the molecule is CCOc1cc(C#N)ccc1OCCc1ccnn1C. The molecule has 0 atom stereocenters. The summed E-state index contributed by atoms with van der Waals surface area (Å²) in [5, 5.41) is 13.0. The second-order valence-corrected chi connectivity index (χ2v) is 4.25. The van der Waals surface area contributed by atoms with Crippen LogP contribution in [0, 0.1) is 11.3 Å². The van der Waals surface area contributed by atoms with E-state index in [1.165, 1.54) is 0 Å². The molecule has 104 valence electrons. The topological polar surface area (TPSA) is 60.1 Å². The average Bonchev–Trinajstić information content (AvgIpc) is 2.86. The maximum atomic E-state index is 8.90. The van der Waals surface area contributed by atoms with Gasteiger partial charge >= 0.3 is 0 Å². The minimum absolute atomic E-state index is 0.533. The lowest BCUT2D eigenvalue weighted by Gasteiger charge is -2.12. The lowest BCUT2D eigenvalue weighted by atomic mass is 10.2. The molecule has 5 heteroatoms. The molecule has 1 aromatic carbocycles. The predicted molar refractivity (Wildman–Crippen MR) is 74.7 cm³/mol. The molecule has 0 saturated heterocycles. The molecule has 1 heterocycles. The van der Waals surface area contributed by atoms with Crippen molar-refractivity contribution in [3.8, 4) is 17.6 Å². The lowest BCUT2D eigenvalue weighted by Crippen LogP contribution is -2.07. The Morgan fingerprint density at radius 2 is 2.10 bits per heavy atom. The number of benzene rings is 1. The molecule has 0 aliphatic heterocycles. The Kier molecular flexibility index (Phi) is 4.61. The van der Waals surface area contributed by atoms with Gasteiger partial charge in [0.15, 0.2) is 11.5 Å². The first-order valence-electron chi connectivity index (χ1n) is 6.51. The third-order valence-electron chi connectivity index (χ3n) is 2.91. The number of nitriles is 1. The van der Waals surface area contributed by atoms with Crippen LogP contribution in [0.15, 0.2) is 30.5 Å². The normalized spacial score (nSPS) is 10.1. The van der Waals surface area contributed by atoms with Crippen molar-refractivity contribution in [2.24, 2.45) is 7.05 Å². The molecule has 0 bridgehead atoms. The van der Waals surface area contributed by atoms with Crippen LogP contribution in [-0.4, -0.2) is 23.0 Å². The van der Waals surface area contributed by atoms with E-state index in [9.17, 15) is 0 Å². The van der Waals surface area contributed by atoms with Crippen LogP contribution in [0.2, 0.25) is 0 Å². The Hall–Kier alpha value is -2.48. The number of hydrogen-bond acceptors (Lipinski definition) is 4. The van der Waals surface area contributed by atoms with Crippen molar-refractivity contribution in [2.45, 2.75) is 13.3 Å². The van der Waals surface area contributed by atoms with E-state index >= 15 is 0 Å². The minimum atomic E-state index is 0.533. The first kappa shape index (κ1) is 13.9. The lowest BCUT2D eigenvalue weighted by molar-refractivity contribution is 0.277. The van der Waals surface area contributed by atoms with E-state index in [1.54, 1.807) is 24.4 Å². The summed E-state index contributed by atoms with van der Waals surface area (Å²) in [6, 6.07) is 9.25. The smallest absolute Gasteiger partial charge is 0.162 e. The minimum Gasteiger partial charge on any atom is -0.490 e. The summed E-state index contributed by atoms with van der Waals surface area (Å²) in [7, 11) is 1.91. The fourth-order valence-corrected chi connectivity index (χ4v) is 1.88. The van der Waals surface area contributed by atoms with Gasteiger partial charge < -0.3 is 9.47 Å². The van der Waals surface area contributed by atoms with Crippen molar-refractivity contribution in [1.29, 1.82) is 5.26 Å². The van der Waals surface area contributed by atoms with Gasteiger partial charge in [-0.3, -0.25) is 4.68 Å². The molecule has 2 aromatic rings. The van der Waals surface area contributed by atoms with Gasteiger partial charge in [-0.1, -0.05) is 0 Å². The molecular formula is C15H17N3O2. The first-order valence-corrected chi connectivity index (χ1v) is 6.51. The Morgan fingerprint density at radius 3 is 2.75 bits per heavy atom. The molecule has 0 saturated carbocycles. The van der Waals surface area contributed by atoms with Gasteiger partial charge in [-0.2, -0.15) is 10.4 Å². The molecule has 0 spiro atoms. The zero-order chi connectivity index (χ0) is 14.4. The van der Waals surface area contributed by atoms with Gasteiger partial charge in [-0.15, -0.1) is 0 Å². The van der Waals surface area contributed by atoms with Crippen LogP contribution >= 0.6 is 0 Å². The van der Waals surface area contributed by atoms with Gasteiger partial charge in [0, 0.05) is 31.4 Å². The molecule has 0 fully saturated rings. The van der Waals surface area contributed by atoms with E-state index in [0.29, 0.717) is 30.3 Å². The summed E-state index contributed by atoms with van der Waals surface area (Å²) in [5.41, 5.74) is 1.67. The van der Waals surface area contributed by atoms with Crippen LogP contribution < -0.4 is 9.47 Å². The average molecular weight is 271 g/mol. The standard InChI is InChI=1S/C15H17N3O2/c1-3-19-15-10-12(11-16)4-5-14(15)20-9-7-13-6-8-17-18(13)2/h4-6,8,10H,3,7,9H2,1-2H3. The first-order chi connectivity index (χ1) is 9.74. The maximum absolute atomic E-state index is 8.90. The molecule has 1 aromatic heterocycles. The van der Waals surface area contributed by atoms with Gasteiger partial charge in [-0.25, -0.2) is 0 Å². The Bertz CT molecular complexity index is 614. The second kappa shape index (κ2) is 6.62. The summed E-state index contributed by atoms with van der Waals surface area (Å²) in [4.78, 5) is 0. The number of aromatic nitrogens is 2. The molecule has 0 unspecified atom stereocenters. The Balaban J connectivity index is 2.01. The summed E-state index contributed by atoms with van der Waals surface area (Å²) in [6.07, 6.45) is 2.53. The largest absolute Gasteiger partial charge is 0.490 e. The van der Waals surface area contributed by atoms with Crippen molar-refractivity contribution in [1.82, 2.24) is 9.78 Å². The Labute approximate surface area is 118 Å². The molecule has 0 N–H and O–H groups in total. The van der Waals surface area contributed by atoms with Gasteiger partial charge in [0.25, 0.3) is 0 Å². The third kappa shape index (κ3) is 3.29. The zero-order valence-electron chi connectivity index (χ0n) is 11.7. The fraction of sp³-hybridized carbons (Fsp3) is 0.333. The molecule has 0 radical (unpaired) electrons. The highest BCUT2D eigenvalue weighted by Crippen LogP contribution is 2.28. The van der Waals surface area contributed by atoms with Crippen LogP contribution in [0.25, 0.3) is 0 Å². The number of hydrogen-bond donors (Lipinski definition) is 0. The summed E-state index contributed by atoms with van der Waals surface area (Å²) < 4.78 is 13.1. The van der Waals surface area contributed by atoms with E-state index in [2.05, 4.69) is 11.2 Å². The third-order valence-corrected chi connectivity index (χ3v) is 2.91. The van der Waals surface area contributed by atoms with E-state index < -0.39 is 0 Å². The van der Waals surface area contributed by atoms with Gasteiger partial charge in [-0.05, 0) is 25.1 Å². The van der Waals surface area contributed by atoms with Crippen molar-refractivity contribution >= 4 is 0 Å². The number of ether oxygens (including phenoxy) is 2. The van der Waals surface area contributed by atoms with Crippen molar-refractivity contribution in [3.63, 3.8) is 0 Å². The molecule has 20 heavy (non-hydrogen) atoms. The molecule has 0 aliphatic carbocycles. The molecule has 5 nitrogen and oxygen atoms in total. The van der Waals surface area contributed by atoms with Crippen molar-refractivity contribution in [2.75, 3.05) is 13.2 Å². The Morgan fingerprint density at radius 1 is 1.25 bits per heavy atom. The summed E-state index contributed by atoms with van der Waals surface area (Å²) in [6.45, 7) is 2.97. The molecule has 2 rings (SSSR count). The number of nitrogens with zero attached hydrogens (tertiary/aromatic N) is 3.